The number of aliphatic hydroxyl groups is 3. The number of ether oxygens (including phenoxy) is 1. The van der Waals surface area contributed by atoms with Crippen molar-refractivity contribution in [3.8, 4) is 0 Å². The molecule has 10 heteroatoms. The predicted molar refractivity (Wildman–Crippen MR) is 71.7 cm³/mol. The molecule has 0 fully saturated rings. The van der Waals surface area contributed by atoms with Crippen molar-refractivity contribution in [2.45, 2.75) is 18.8 Å². The van der Waals surface area contributed by atoms with Crippen molar-refractivity contribution >= 4 is 18.2 Å². The van der Waals surface area contributed by atoms with Crippen LogP contribution in [0.2, 0.25) is 0 Å². The summed E-state index contributed by atoms with van der Waals surface area (Å²) in [5.41, 5.74) is 5.54. The van der Waals surface area contributed by atoms with Crippen molar-refractivity contribution in [3.05, 3.63) is 0 Å². The molecule has 0 aromatic heterocycles. The van der Waals surface area contributed by atoms with Gasteiger partial charge in [-0.3, -0.25) is 9.05 Å². The average molecular weight is 319 g/mol. The molecular formula is C9H22NO7PS. The van der Waals surface area contributed by atoms with E-state index >= 15 is 0 Å². The Bertz CT molecular complexity index is 271. The zero-order valence-electron chi connectivity index (χ0n) is 10.8. The highest BCUT2D eigenvalue weighted by molar-refractivity contribution is 8.55. The molecule has 3 atom stereocenters. The summed E-state index contributed by atoms with van der Waals surface area (Å²) < 4.78 is 27.3. The zero-order valence-corrected chi connectivity index (χ0v) is 12.5. The van der Waals surface area contributed by atoms with E-state index in [-0.39, 0.29) is 19.8 Å². The summed E-state index contributed by atoms with van der Waals surface area (Å²) in [6, 6.07) is 0. The number of nitrogens with two attached hydrogens (primary N) is 1. The number of rotatable bonds is 12. The van der Waals surface area contributed by atoms with E-state index in [1.807, 2.05) is 0 Å². The average Bonchev–Trinajstić information content (AvgIpc) is 2.42. The van der Waals surface area contributed by atoms with Gasteiger partial charge in [-0.1, -0.05) is 0 Å². The third-order valence-electron chi connectivity index (χ3n) is 1.98. The molecule has 116 valence electrons. The minimum Gasteiger partial charge on any atom is -0.396 e. The first kappa shape index (κ1) is 19.3. The van der Waals surface area contributed by atoms with E-state index in [1.54, 1.807) is 0 Å². The van der Waals surface area contributed by atoms with E-state index in [1.165, 1.54) is 7.11 Å². The van der Waals surface area contributed by atoms with Gasteiger partial charge in [0.2, 0.25) is 0 Å². The van der Waals surface area contributed by atoms with Crippen molar-refractivity contribution in [1.29, 1.82) is 0 Å². The van der Waals surface area contributed by atoms with Gasteiger partial charge >= 0.3 is 6.80 Å². The molecule has 0 heterocycles. The molecule has 0 saturated heterocycles. The molecule has 0 aromatic carbocycles. The van der Waals surface area contributed by atoms with Gasteiger partial charge in [0.1, 0.15) is 12.3 Å². The Morgan fingerprint density at radius 2 is 2.00 bits per heavy atom. The van der Waals surface area contributed by atoms with Crippen LogP contribution in [-0.2, 0) is 18.3 Å². The van der Waals surface area contributed by atoms with E-state index in [9.17, 15) is 4.57 Å². The number of aliphatic hydroxyl groups excluding tert-OH is 3. The maximum atomic E-state index is 12.3. The van der Waals surface area contributed by atoms with Crippen molar-refractivity contribution in [3.63, 3.8) is 0 Å². The second kappa shape index (κ2) is 11.0. The maximum Gasteiger partial charge on any atom is 0.389 e. The molecule has 0 radical (unpaired) electrons. The van der Waals surface area contributed by atoms with Crippen LogP contribution in [0.4, 0.5) is 0 Å². The second-order valence-corrected chi connectivity index (χ2v) is 7.59. The van der Waals surface area contributed by atoms with Crippen LogP contribution < -0.4 is 5.73 Å². The van der Waals surface area contributed by atoms with Gasteiger partial charge in [-0.25, -0.2) is 4.57 Å². The van der Waals surface area contributed by atoms with Crippen LogP contribution >= 0.6 is 18.2 Å². The molecule has 0 amide bonds. The zero-order chi connectivity index (χ0) is 14.7. The highest BCUT2D eigenvalue weighted by atomic mass is 32.7. The van der Waals surface area contributed by atoms with Crippen molar-refractivity contribution in [1.82, 2.24) is 0 Å². The lowest BCUT2D eigenvalue weighted by Crippen LogP contribution is -2.40. The highest BCUT2D eigenvalue weighted by Crippen LogP contribution is 2.61. The Morgan fingerprint density at radius 3 is 2.47 bits per heavy atom. The molecule has 0 aliphatic rings. The Hall–Kier alpha value is 0.300. The van der Waals surface area contributed by atoms with Crippen molar-refractivity contribution in [2.24, 2.45) is 5.73 Å². The van der Waals surface area contributed by atoms with E-state index in [2.05, 4.69) is 0 Å². The third kappa shape index (κ3) is 8.23. The second-order valence-electron chi connectivity index (χ2n) is 3.44. The number of hydrogen-bond donors (Lipinski definition) is 4. The van der Waals surface area contributed by atoms with Gasteiger partial charge in [0, 0.05) is 19.5 Å². The predicted octanol–water partition coefficient (Wildman–Crippen LogP) is -0.472. The molecular weight excluding hydrogens is 297 g/mol. The van der Waals surface area contributed by atoms with Crippen LogP contribution in [-0.4, -0.2) is 66.9 Å². The monoisotopic (exact) mass is 319 g/mol. The fourth-order valence-electron chi connectivity index (χ4n) is 1.01. The van der Waals surface area contributed by atoms with Gasteiger partial charge in [0.05, 0.1) is 19.8 Å². The summed E-state index contributed by atoms with van der Waals surface area (Å²) in [4.78, 5) is 0. The topological polar surface area (TPSA) is 131 Å². The fraction of sp³-hybridized carbons (Fsp3) is 1.00. The van der Waals surface area contributed by atoms with Gasteiger partial charge in [0.15, 0.2) is 0 Å². The third-order valence-corrected chi connectivity index (χ3v) is 5.86. The van der Waals surface area contributed by atoms with Crippen LogP contribution in [0.15, 0.2) is 0 Å². The quantitative estimate of drug-likeness (QED) is 0.214. The molecule has 0 spiro atoms. The molecule has 19 heavy (non-hydrogen) atoms. The van der Waals surface area contributed by atoms with Gasteiger partial charge in [-0.15, -0.1) is 0 Å². The van der Waals surface area contributed by atoms with E-state index in [0.29, 0.717) is 12.2 Å². The Morgan fingerprint density at radius 1 is 1.32 bits per heavy atom. The van der Waals surface area contributed by atoms with E-state index in [4.69, 9.17) is 34.8 Å². The highest BCUT2D eigenvalue weighted by Gasteiger charge is 2.32. The van der Waals surface area contributed by atoms with Crippen LogP contribution in [0.25, 0.3) is 0 Å². The molecule has 0 bridgehead atoms. The summed E-state index contributed by atoms with van der Waals surface area (Å²) in [5, 5.41) is 26.5. The van der Waals surface area contributed by atoms with E-state index in [0.717, 1.165) is 11.4 Å². The lowest BCUT2D eigenvalue weighted by atomic mass is 10.3. The SMILES string of the molecule is COC(N)C(CO)OP(=O)(OCCO)SCCCO. The molecule has 0 aliphatic heterocycles. The fourth-order valence-corrected chi connectivity index (χ4v) is 4.53. The Balaban J connectivity index is 4.57. The molecule has 3 unspecified atom stereocenters. The van der Waals surface area contributed by atoms with Crippen LogP contribution in [0.3, 0.4) is 0 Å². The van der Waals surface area contributed by atoms with Crippen molar-refractivity contribution < 1.29 is 33.7 Å². The lowest BCUT2D eigenvalue weighted by molar-refractivity contribution is -0.0252. The summed E-state index contributed by atoms with van der Waals surface area (Å²) in [6.07, 6.45) is -1.54. The number of hydrogen-bond acceptors (Lipinski definition) is 9. The molecule has 0 aromatic rings. The summed E-state index contributed by atoms with van der Waals surface area (Å²) >= 11 is 0.878. The van der Waals surface area contributed by atoms with Crippen LogP contribution in [0, 0.1) is 0 Å². The normalized spacial score (nSPS) is 17.9. The molecule has 5 N–H and O–H groups in total. The van der Waals surface area contributed by atoms with Crippen LogP contribution in [0.5, 0.6) is 0 Å². The van der Waals surface area contributed by atoms with E-state index < -0.39 is 25.7 Å². The smallest absolute Gasteiger partial charge is 0.389 e. The van der Waals surface area contributed by atoms with Gasteiger partial charge in [0.25, 0.3) is 0 Å². The lowest BCUT2D eigenvalue weighted by Gasteiger charge is -2.25. The first-order chi connectivity index (χ1) is 9.02. The number of methoxy groups -OCH3 is 1. The standard InChI is InChI=1S/C9H22NO7PS/c1-15-9(10)8(7-13)17-18(14,16-5-4-12)19-6-2-3-11/h8-9,11-13H,2-7,10H2,1H3. The maximum absolute atomic E-state index is 12.3. The van der Waals surface area contributed by atoms with Crippen molar-refractivity contribution in [2.75, 3.05) is 39.3 Å². The Kier molecular flexibility index (Phi) is 11.2. The molecule has 0 aliphatic carbocycles. The molecule has 0 saturated carbocycles. The molecule has 8 nitrogen and oxygen atoms in total. The van der Waals surface area contributed by atoms with Gasteiger partial charge < -0.3 is 25.8 Å². The molecule has 0 rings (SSSR count). The van der Waals surface area contributed by atoms with Crippen LogP contribution in [0.1, 0.15) is 6.42 Å². The summed E-state index contributed by atoms with van der Waals surface area (Å²) in [5.74, 6) is 0.347. The first-order valence-electron chi connectivity index (χ1n) is 5.71. The largest absolute Gasteiger partial charge is 0.396 e. The summed E-state index contributed by atoms with van der Waals surface area (Å²) in [7, 11) is 1.33. The minimum atomic E-state index is -3.58. The Labute approximate surface area is 116 Å². The summed E-state index contributed by atoms with van der Waals surface area (Å²) in [6.45, 7) is -4.59. The first-order valence-corrected chi connectivity index (χ1v) is 8.84. The minimum absolute atomic E-state index is 0.0476. The van der Waals surface area contributed by atoms with Gasteiger partial charge in [-0.05, 0) is 17.8 Å². The van der Waals surface area contributed by atoms with Gasteiger partial charge in [-0.2, -0.15) is 0 Å².